The van der Waals surface area contributed by atoms with Crippen LogP contribution in [-0.4, -0.2) is 31.4 Å². The first-order chi connectivity index (χ1) is 13.5. The van der Waals surface area contributed by atoms with E-state index in [2.05, 4.69) is 25.5 Å². The molecule has 1 amide bonds. The van der Waals surface area contributed by atoms with Gasteiger partial charge in [-0.25, -0.2) is 14.8 Å². The fourth-order valence-corrected chi connectivity index (χ4v) is 3.67. The Morgan fingerprint density at radius 1 is 1.29 bits per heavy atom. The second-order valence-corrected chi connectivity index (χ2v) is 7.08. The lowest BCUT2D eigenvalue weighted by molar-refractivity contribution is 0.192. The van der Waals surface area contributed by atoms with E-state index in [1.54, 1.807) is 6.07 Å². The molecule has 3 heterocycles. The average Bonchev–Trinajstić information content (AvgIpc) is 3.33. The summed E-state index contributed by atoms with van der Waals surface area (Å²) >= 11 is 1.50. The van der Waals surface area contributed by atoms with Crippen LogP contribution in [0.4, 0.5) is 9.18 Å². The zero-order valence-electron chi connectivity index (χ0n) is 14.6. The van der Waals surface area contributed by atoms with Crippen molar-refractivity contribution >= 4 is 27.6 Å². The molecule has 8 nitrogen and oxygen atoms in total. The number of hydrogen-bond acceptors (Lipinski definition) is 7. The average molecular weight is 399 g/mol. The number of fused-ring (bicyclic) bond motifs is 1. The molecule has 0 aliphatic heterocycles. The maximum atomic E-state index is 13.0. The predicted octanol–water partition coefficient (Wildman–Crippen LogP) is 3.80. The van der Waals surface area contributed by atoms with Crippen molar-refractivity contribution in [3.63, 3.8) is 0 Å². The summed E-state index contributed by atoms with van der Waals surface area (Å²) in [6.07, 6.45) is 0.331. The Hall–Kier alpha value is -3.40. The monoisotopic (exact) mass is 399 g/mol. The normalized spacial score (nSPS) is 12.2. The van der Waals surface area contributed by atoms with Gasteiger partial charge in [-0.3, -0.25) is 0 Å². The lowest BCUT2D eigenvalue weighted by Crippen LogP contribution is -2.20. The number of amides is 1. The van der Waals surface area contributed by atoms with Gasteiger partial charge in [0.25, 0.3) is 0 Å². The molecule has 10 heteroatoms. The first-order valence-electron chi connectivity index (χ1n) is 8.31. The number of rotatable bonds is 5. The summed E-state index contributed by atoms with van der Waals surface area (Å²) in [5, 5.41) is 19.4. The van der Waals surface area contributed by atoms with Crippen LogP contribution >= 0.6 is 11.3 Å². The Balaban J connectivity index is 1.59. The molecule has 2 N–H and O–H groups in total. The highest BCUT2D eigenvalue weighted by Gasteiger charge is 2.20. The Kier molecular flexibility index (Phi) is 4.70. The van der Waals surface area contributed by atoms with E-state index in [-0.39, 0.29) is 18.4 Å². The maximum Gasteiger partial charge on any atom is 0.405 e. The summed E-state index contributed by atoms with van der Waals surface area (Å²) in [5.41, 5.74) is 2.57. The molecule has 1 unspecified atom stereocenters. The van der Waals surface area contributed by atoms with E-state index in [1.165, 1.54) is 23.6 Å². The number of carbonyl (C=O) groups is 1. The smallest absolute Gasteiger partial charge is 0.405 e. The van der Waals surface area contributed by atoms with Gasteiger partial charge in [0, 0.05) is 11.8 Å². The van der Waals surface area contributed by atoms with Crippen LogP contribution in [-0.2, 0) is 6.54 Å². The van der Waals surface area contributed by atoms with E-state index >= 15 is 0 Å². The molecule has 0 aliphatic carbocycles. The Bertz CT molecular complexity index is 1140. The van der Waals surface area contributed by atoms with Gasteiger partial charge in [-0.05, 0) is 36.8 Å². The molecule has 142 valence electrons. The minimum absolute atomic E-state index is 0.0516. The number of carboxylic acid groups (broad SMARTS) is 1. The van der Waals surface area contributed by atoms with Gasteiger partial charge in [-0.1, -0.05) is 6.07 Å². The quantitative estimate of drug-likeness (QED) is 0.491. The van der Waals surface area contributed by atoms with E-state index in [0.717, 1.165) is 26.4 Å². The summed E-state index contributed by atoms with van der Waals surface area (Å²) in [5.74, 6) is -0.198. The molecule has 0 bridgehead atoms. The van der Waals surface area contributed by atoms with Crippen molar-refractivity contribution in [2.75, 3.05) is 0 Å². The van der Waals surface area contributed by atoms with E-state index in [0.29, 0.717) is 5.89 Å². The lowest BCUT2D eigenvalue weighted by Gasteiger charge is -2.01. The Morgan fingerprint density at radius 3 is 2.86 bits per heavy atom. The van der Waals surface area contributed by atoms with Crippen LogP contribution in [0.25, 0.3) is 21.3 Å². The van der Waals surface area contributed by atoms with Crippen LogP contribution in [0.2, 0.25) is 0 Å². The molecule has 4 aromatic rings. The largest absolute Gasteiger partial charge is 0.465 e. The SMILES string of the molecule is CC(c1nnc(CNC(=O)O)o1)c1nc2ccc(-c3ccc(F)nc3)cc2s1. The summed E-state index contributed by atoms with van der Waals surface area (Å²) in [6, 6.07) is 8.80. The molecule has 1 atom stereocenters. The van der Waals surface area contributed by atoms with E-state index in [4.69, 9.17) is 9.52 Å². The van der Waals surface area contributed by atoms with Crippen molar-refractivity contribution in [2.24, 2.45) is 0 Å². The highest BCUT2D eigenvalue weighted by atomic mass is 32.1. The highest BCUT2D eigenvalue weighted by molar-refractivity contribution is 7.18. The van der Waals surface area contributed by atoms with Crippen LogP contribution in [0, 0.1) is 5.95 Å². The number of aromatic nitrogens is 4. The van der Waals surface area contributed by atoms with Gasteiger partial charge in [0.15, 0.2) is 0 Å². The molecule has 0 saturated heterocycles. The fourth-order valence-electron chi connectivity index (χ4n) is 2.62. The van der Waals surface area contributed by atoms with Crippen molar-refractivity contribution in [1.29, 1.82) is 0 Å². The van der Waals surface area contributed by atoms with E-state index < -0.39 is 12.0 Å². The lowest BCUT2D eigenvalue weighted by atomic mass is 10.1. The summed E-state index contributed by atoms with van der Waals surface area (Å²) in [7, 11) is 0. The van der Waals surface area contributed by atoms with Crippen molar-refractivity contribution < 1.29 is 18.7 Å². The van der Waals surface area contributed by atoms with Gasteiger partial charge in [-0.2, -0.15) is 4.39 Å². The third-order valence-electron chi connectivity index (χ3n) is 4.08. The van der Waals surface area contributed by atoms with Crippen molar-refractivity contribution in [3.05, 3.63) is 59.3 Å². The van der Waals surface area contributed by atoms with Gasteiger partial charge >= 0.3 is 6.09 Å². The Morgan fingerprint density at radius 2 is 2.11 bits per heavy atom. The molecule has 0 aliphatic rings. The standard InChI is InChI=1S/C18H14FN5O3S/c1-9(16-24-23-15(27-16)8-21-18(25)26)17-22-12-4-2-10(6-13(12)28-17)11-3-5-14(19)20-7-11/h2-7,9,21H,8H2,1H3,(H,25,26). The van der Waals surface area contributed by atoms with Crippen molar-refractivity contribution in [1.82, 2.24) is 25.5 Å². The minimum Gasteiger partial charge on any atom is -0.465 e. The van der Waals surface area contributed by atoms with Gasteiger partial charge < -0.3 is 14.8 Å². The zero-order valence-corrected chi connectivity index (χ0v) is 15.4. The van der Waals surface area contributed by atoms with Crippen LogP contribution in [0.15, 0.2) is 40.9 Å². The summed E-state index contributed by atoms with van der Waals surface area (Å²) in [4.78, 5) is 18.9. The van der Waals surface area contributed by atoms with Crippen LogP contribution in [0.3, 0.4) is 0 Å². The van der Waals surface area contributed by atoms with Gasteiger partial charge in [0.05, 0.1) is 22.7 Å². The predicted molar refractivity (Wildman–Crippen MR) is 99.5 cm³/mol. The number of hydrogen-bond donors (Lipinski definition) is 2. The molecule has 4 rings (SSSR count). The molecule has 0 radical (unpaired) electrons. The molecule has 0 saturated carbocycles. The number of pyridine rings is 1. The van der Waals surface area contributed by atoms with Crippen molar-refractivity contribution in [3.8, 4) is 11.1 Å². The van der Waals surface area contributed by atoms with Gasteiger partial charge in [0.2, 0.25) is 17.7 Å². The number of thiazole rings is 1. The van der Waals surface area contributed by atoms with E-state index in [9.17, 15) is 9.18 Å². The second kappa shape index (κ2) is 7.31. The number of nitrogens with one attached hydrogen (secondary N) is 1. The summed E-state index contributed by atoms with van der Waals surface area (Å²) < 4.78 is 19.5. The minimum atomic E-state index is -1.16. The second-order valence-electron chi connectivity index (χ2n) is 6.02. The Labute approximate surface area is 162 Å². The first kappa shape index (κ1) is 18.0. The maximum absolute atomic E-state index is 13.0. The topological polar surface area (TPSA) is 114 Å². The molecular weight excluding hydrogens is 385 g/mol. The number of benzene rings is 1. The summed E-state index contributed by atoms with van der Waals surface area (Å²) in [6.45, 7) is 1.84. The number of nitrogens with zero attached hydrogens (tertiary/aromatic N) is 4. The highest BCUT2D eigenvalue weighted by Crippen LogP contribution is 2.33. The number of halogens is 1. The molecule has 0 fully saturated rings. The first-order valence-corrected chi connectivity index (χ1v) is 9.13. The van der Waals surface area contributed by atoms with Gasteiger partial charge in [0.1, 0.15) is 5.01 Å². The van der Waals surface area contributed by atoms with Crippen LogP contribution in [0.1, 0.15) is 29.6 Å². The van der Waals surface area contributed by atoms with E-state index in [1.807, 2.05) is 25.1 Å². The fraction of sp³-hybridized carbons (Fsp3) is 0.167. The zero-order chi connectivity index (χ0) is 19.7. The molecule has 0 spiro atoms. The molecule has 3 aromatic heterocycles. The molecule has 1 aromatic carbocycles. The van der Waals surface area contributed by atoms with Crippen molar-refractivity contribution in [2.45, 2.75) is 19.4 Å². The van der Waals surface area contributed by atoms with Crippen LogP contribution in [0.5, 0.6) is 0 Å². The third kappa shape index (κ3) is 3.67. The van der Waals surface area contributed by atoms with Gasteiger partial charge in [-0.15, -0.1) is 21.5 Å². The third-order valence-corrected chi connectivity index (χ3v) is 5.28. The van der Waals surface area contributed by atoms with Crippen LogP contribution < -0.4 is 5.32 Å². The molecule has 28 heavy (non-hydrogen) atoms. The molecular formula is C18H14FN5O3S.